The van der Waals surface area contributed by atoms with Gasteiger partial charge in [-0.25, -0.2) is 0 Å². The molecule has 0 fully saturated rings. The standard InChI is InChI=1S/C18H19N3O3/c1-12(22)20-11-13-3-5-15(6-4-13)18(24)21-16-9-7-14(8-10-16)17(23)19-2/h3-10H,11H2,1-2H3,(H,19,23)(H,20,22)(H,21,24). The van der Waals surface area contributed by atoms with Gasteiger partial charge in [0.15, 0.2) is 0 Å². The van der Waals surface area contributed by atoms with Crippen molar-refractivity contribution in [3.63, 3.8) is 0 Å². The van der Waals surface area contributed by atoms with Gasteiger partial charge in [-0.2, -0.15) is 0 Å². The Morgan fingerprint density at radius 1 is 0.833 bits per heavy atom. The van der Waals surface area contributed by atoms with Crippen molar-refractivity contribution < 1.29 is 14.4 Å². The van der Waals surface area contributed by atoms with E-state index in [9.17, 15) is 14.4 Å². The second kappa shape index (κ2) is 7.92. The molecule has 2 aromatic rings. The molecule has 0 heterocycles. The van der Waals surface area contributed by atoms with E-state index in [0.29, 0.717) is 23.4 Å². The highest BCUT2D eigenvalue weighted by atomic mass is 16.2. The maximum absolute atomic E-state index is 12.2. The molecule has 3 amide bonds. The van der Waals surface area contributed by atoms with Crippen LogP contribution in [0, 0.1) is 0 Å². The average molecular weight is 325 g/mol. The number of nitrogens with one attached hydrogen (secondary N) is 3. The van der Waals surface area contributed by atoms with E-state index in [-0.39, 0.29) is 17.7 Å². The molecule has 0 bridgehead atoms. The molecule has 2 aromatic carbocycles. The van der Waals surface area contributed by atoms with E-state index in [1.807, 2.05) is 0 Å². The first-order chi connectivity index (χ1) is 11.5. The SMILES string of the molecule is CNC(=O)c1ccc(NC(=O)c2ccc(CNC(C)=O)cc2)cc1. The quantitative estimate of drug-likeness (QED) is 0.785. The van der Waals surface area contributed by atoms with Crippen molar-refractivity contribution >= 4 is 23.4 Å². The Balaban J connectivity index is 1.99. The van der Waals surface area contributed by atoms with Crippen LogP contribution in [0.15, 0.2) is 48.5 Å². The van der Waals surface area contributed by atoms with Gasteiger partial charge in [-0.05, 0) is 42.0 Å². The Morgan fingerprint density at radius 2 is 1.38 bits per heavy atom. The number of hydrogen-bond acceptors (Lipinski definition) is 3. The summed E-state index contributed by atoms with van der Waals surface area (Å²) in [7, 11) is 1.56. The second-order valence-electron chi connectivity index (χ2n) is 5.22. The lowest BCUT2D eigenvalue weighted by molar-refractivity contribution is -0.119. The summed E-state index contributed by atoms with van der Waals surface area (Å²) in [5.41, 5.74) is 2.56. The van der Waals surface area contributed by atoms with Gasteiger partial charge in [0, 0.05) is 37.3 Å². The molecular formula is C18H19N3O3. The lowest BCUT2D eigenvalue weighted by atomic mass is 10.1. The molecular weight excluding hydrogens is 306 g/mol. The largest absolute Gasteiger partial charge is 0.355 e. The third-order valence-electron chi connectivity index (χ3n) is 3.39. The van der Waals surface area contributed by atoms with Crippen LogP contribution in [0.1, 0.15) is 33.2 Å². The van der Waals surface area contributed by atoms with Crippen LogP contribution in [0.25, 0.3) is 0 Å². The van der Waals surface area contributed by atoms with Crippen molar-refractivity contribution in [2.45, 2.75) is 13.5 Å². The minimum atomic E-state index is -0.242. The van der Waals surface area contributed by atoms with Crippen molar-refractivity contribution in [1.82, 2.24) is 10.6 Å². The van der Waals surface area contributed by atoms with E-state index < -0.39 is 0 Å². The van der Waals surface area contributed by atoms with E-state index in [2.05, 4.69) is 16.0 Å². The van der Waals surface area contributed by atoms with Crippen LogP contribution < -0.4 is 16.0 Å². The molecule has 2 rings (SSSR count). The summed E-state index contributed by atoms with van der Waals surface area (Å²) in [6.45, 7) is 1.88. The zero-order valence-electron chi connectivity index (χ0n) is 13.6. The first kappa shape index (κ1) is 17.2. The van der Waals surface area contributed by atoms with E-state index in [1.54, 1.807) is 55.6 Å². The fourth-order valence-corrected chi connectivity index (χ4v) is 2.05. The summed E-state index contributed by atoms with van der Waals surface area (Å²) in [6.07, 6.45) is 0. The van der Waals surface area contributed by atoms with Gasteiger partial charge in [0.1, 0.15) is 0 Å². The van der Waals surface area contributed by atoms with Gasteiger partial charge in [-0.15, -0.1) is 0 Å². The van der Waals surface area contributed by atoms with Crippen molar-refractivity contribution in [1.29, 1.82) is 0 Å². The molecule has 6 nitrogen and oxygen atoms in total. The average Bonchev–Trinajstić information content (AvgIpc) is 2.60. The highest BCUT2D eigenvalue weighted by Crippen LogP contribution is 2.12. The highest BCUT2D eigenvalue weighted by molar-refractivity contribution is 6.04. The van der Waals surface area contributed by atoms with Crippen molar-refractivity contribution in [2.75, 3.05) is 12.4 Å². The van der Waals surface area contributed by atoms with E-state index in [1.165, 1.54) is 6.92 Å². The molecule has 0 aliphatic rings. The maximum Gasteiger partial charge on any atom is 0.255 e. The minimum Gasteiger partial charge on any atom is -0.355 e. The monoisotopic (exact) mass is 325 g/mol. The molecule has 0 saturated carbocycles. The topological polar surface area (TPSA) is 87.3 Å². The number of rotatable bonds is 5. The van der Waals surface area contributed by atoms with Crippen LogP contribution in [-0.2, 0) is 11.3 Å². The summed E-state index contributed by atoms with van der Waals surface area (Å²) in [5, 5.41) is 8.01. The maximum atomic E-state index is 12.2. The zero-order valence-corrected chi connectivity index (χ0v) is 13.6. The fraction of sp³-hybridized carbons (Fsp3) is 0.167. The summed E-state index contributed by atoms with van der Waals surface area (Å²) in [4.78, 5) is 34.6. The van der Waals surface area contributed by atoms with Crippen LogP contribution in [-0.4, -0.2) is 24.8 Å². The van der Waals surface area contributed by atoms with Gasteiger partial charge >= 0.3 is 0 Å². The molecule has 0 aromatic heterocycles. The molecule has 0 unspecified atom stereocenters. The van der Waals surface area contributed by atoms with Crippen molar-refractivity contribution in [2.24, 2.45) is 0 Å². The van der Waals surface area contributed by atoms with Crippen LogP contribution >= 0.6 is 0 Å². The predicted octanol–water partition coefficient (Wildman–Crippen LogP) is 1.93. The van der Waals surface area contributed by atoms with Crippen LogP contribution in [0.4, 0.5) is 5.69 Å². The minimum absolute atomic E-state index is 0.1000. The number of carbonyl (C=O) groups excluding carboxylic acids is 3. The van der Waals surface area contributed by atoms with Gasteiger partial charge in [0.25, 0.3) is 11.8 Å². The molecule has 24 heavy (non-hydrogen) atoms. The van der Waals surface area contributed by atoms with Gasteiger partial charge in [-0.3, -0.25) is 14.4 Å². The van der Waals surface area contributed by atoms with Crippen LogP contribution in [0.3, 0.4) is 0 Å². The van der Waals surface area contributed by atoms with Crippen molar-refractivity contribution in [3.8, 4) is 0 Å². The molecule has 0 atom stereocenters. The van der Waals surface area contributed by atoms with Gasteiger partial charge in [0.2, 0.25) is 5.91 Å². The van der Waals surface area contributed by atoms with E-state index in [4.69, 9.17) is 0 Å². The van der Waals surface area contributed by atoms with E-state index >= 15 is 0 Å². The third kappa shape index (κ3) is 4.67. The molecule has 0 spiro atoms. The Kier molecular flexibility index (Phi) is 5.68. The van der Waals surface area contributed by atoms with Gasteiger partial charge < -0.3 is 16.0 Å². The fourth-order valence-electron chi connectivity index (χ4n) is 2.05. The number of hydrogen-bond donors (Lipinski definition) is 3. The Hall–Kier alpha value is -3.15. The van der Waals surface area contributed by atoms with Crippen LogP contribution in [0.2, 0.25) is 0 Å². The predicted molar refractivity (Wildman–Crippen MR) is 91.7 cm³/mol. The number of anilines is 1. The molecule has 124 valence electrons. The third-order valence-corrected chi connectivity index (χ3v) is 3.39. The molecule has 0 radical (unpaired) electrons. The molecule has 6 heteroatoms. The Morgan fingerprint density at radius 3 is 1.92 bits per heavy atom. The molecule has 0 aliphatic carbocycles. The summed E-state index contributed by atoms with van der Waals surface area (Å²) in [6, 6.07) is 13.6. The van der Waals surface area contributed by atoms with E-state index in [0.717, 1.165) is 5.56 Å². The number of amides is 3. The molecule has 0 saturated heterocycles. The first-order valence-electron chi connectivity index (χ1n) is 7.46. The highest BCUT2D eigenvalue weighted by Gasteiger charge is 2.07. The summed E-state index contributed by atoms with van der Waals surface area (Å²) < 4.78 is 0. The molecule has 0 aliphatic heterocycles. The lowest BCUT2D eigenvalue weighted by Gasteiger charge is -2.07. The summed E-state index contributed by atoms with van der Waals surface area (Å²) in [5.74, 6) is -0.520. The van der Waals surface area contributed by atoms with Crippen LogP contribution in [0.5, 0.6) is 0 Å². The normalized spacial score (nSPS) is 9.92. The first-order valence-corrected chi connectivity index (χ1v) is 7.46. The number of carbonyl (C=O) groups is 3. The lowest BCUT2D eigenvalue weighted by Crippen LogP contribution is -2.19. The van der Waals surface area contributed by atoms with Gasteiger partial charge in [0.05, 0.1) is 0 Å². The Labute approximate surface area is 140 Å². The van der Waals surface area contributed by atoms with Crippen molar-refractivity contribution in [3.05, 3.63) is 65.2 Å². The smallest absolute Gasteiger partial charge is 0.255 e. The Bertz CT molecular complexity index is 737. The summed E-state index contributed by atoms with van der Waals surface area (Å²) >= 11 is 0. The van der Waals surface area contributed by atoms with Gasteiger partial charge in [-0.1, -0.05) is 12.1 Å². The zero-order chi connectivity index (χ0) is 17.5. The molecule has 3 N–H and O–H groups in total. The number of benzene rings is 2. The second-order valence-corrected chi connectivity index (χ2v) is 5.22.